The second-order valence-electron chi connectivity index (χ2n) is 2.51. The van der Waals surface area contributed by atoms with E-state index in [4.69, 9.17) is 9.47 Å². The summed E-state index contributed by atoms with van der Waals surface area (Å²) in [4.78, 5) is 0. The van der Waals surface area contributed by atoms with Gasteiger partial charge in [-0.1, -0.05) is 0 Å². The number of ether oxygens (including phenoxy) is 2. The highest BCUT2D eigenvalue weighted by molar-refractivity contribution is 8.16. The molecule has 0 bridgehead atoms. The summed E-state index contributed by atoms with van der Waals surface area (Å²) in [5.74, 6) is 2.79. The molecule has 0 amide bonds. The maximum Gasteiger partial charge on any atom is 0.0701 e. The fraction of sp³-hybridized carbons (Fsp3) is 1.00. The highest BCUT2D eigenvalue weighted by atomic mass is 32.2. The molecule has 2 aliphatic rings. The molecule has 0 saturated carbocycles. The minimum atomic E-state index is 0.778. The minimum absolute atomic E-state index is 0.778. The van der Waals surface area contributed by atoms with E-state index in [2.05, 4.69) is 23.5 Å². The van der Waals surface area contributed by atoms with Crippen LogP contribution in [0.3, 0.4) is 0 Å². The molecule has 0 aliphatic carbocycles. The first-order valence-corrected chi connectivity index (χ1v) is 6.62. The van der Waals surface area contributed by atoms with E-state index in [1.165, 1.54) is 23.0 Å². The van der Waals surface area contributed by atoms with Gasteiger partial charge in [-0.15, -0.1) is 0 Å². The summed E-state index contributed by atoms with van der Waals surface area (Å²) in [5, 5.41) is 1.33. The first-order chi connectivity index (χ1) is 6.00. The van der Waals surface area contributed by atoms with E-state index in [-0.39, 0.29) is 0 Å². The van der Waals surface area contributed by atoms with Crippen molar-refractivity contribution in [2.45, 2.75) is 6.42 Å². The average molecular weight is 208 g/mol. The Morgan fingerprint density at radius 3 is 1.42 bits per heavy atom. The van der Waals surface area contributed by atoms with E-state index < -0.39 is 0 Å². The van der Waals surface area contributed by atoms with Crippen molar-refractivity contribution < 1.29 is 9.47 Å². The van der Waals surface area contributed by atoms with Crippen molar-refractivity contribution >= 4 is 23.5 Å². The van der Waals surface area contributed by atoms with Crippen molar-refractivity contribution in [3.63, 3.8) is 0 Å². The van der Waals surface area contributed by atoms with Gasteiger partial charge in [0.1, 0.15) is 0 Å². The molecule has 0 aromatic rings. The Morgan fingerprint density at radius 2 is 1.25 bits per heavy atom. The van der Waals surface area contributed by atoms with Gasteiger partial charge < -0.3 is 9.47 Å². The topological polar surface area (TPSA) is 18.5 Å². The Labute approximate surface area is 82.8 Å². The van der Waals surface area contributed by atoms with Crippen LogP contribution in [0.5, 0.6) is 0 Å². The lowest BCUT2D eigenvalue weighted by Gasteiger charge is -2.09. The van der Waals surface area contributed by atoms with Crippen LogP contribution in [0.4, 0.5) is 0 Å². The number of hydrogen-bond donors (Lipinski definition) is 0. The van der Waals surface area contributed by atoms with E-state index in [1.807, 2.05) is 0 Å². The lowest BCUT2D eigenvalue weighted by Crippen LogP contribution is -2.16. The van der Waals surface area contributed by atoms with E-state index in [9.17, 15) is 0 Å². The van der Waals surface area contributed by atoms with E-state index in [1.54, 1.807) is 0 Å². The SMILES string of the molecule is C1COCCO1.C1CSCSC1. The van der Waals surface area contributed by atoms with Crippen LogP contribution in [-0.4, -0.2) is 43.0 Å². The largest absolute Gasteiger partial charge is 0.377 e. The fourth-order valence-corrected chi connectivity index (χ4v) is 3.17. The zero-order valence-electron chi connectivity index (χ0n) is 7.29. The van der Waals surface area contributed by atoms with Gasteiger partial charge >= 0.3 is 0 Å². The van der Waals surface area contributed by atoms with Gasteiger partial charge in [0.25, 0.3) is 0 Å². The Hall–Kier alpha value is 0.620. The minimum Gasteiger partial charge on any atom is -0.377 e. The molecule has 2 rings (SSSR count). The fourth-order valence-electron chi connectivity index (χ4n) is 0.880. The summed E-state index contributed by atoms with van der Waals surface area (Å²) in [5.41, 5.74) is 0. The van der Waals surface area contributed by atoms with Crippen LogP contribution in [0.2, 0.25) is 0 Å². The predicted octanol–water partition coefficient (Wildman–Crippen LogP) is 1.85. The third-order valence-corrected chi connectivity index (χ3v) is 3.98. The maximum atomic E-state index is 4.94. The second kappa shape index (κ2) is 8.23. The molecule has 4 heteroatoms. The molecule has 2 fully saturated rings. The maximum absolute atomic E-state index is 4.94. The average Bonchev–Trinajstić information content (AvgIpc) is 2.24. The zero-order chi connectivity index (χ0) is 8.49. The third-order valence-electron chi connectivity index (χ3n) is 1.49. The summed E-state index contributed by atoms with van der Waals surface area (Å²) in [6.45, 7) is 3.11. The van der Waals surface area contributed by atoms with Gasteiger partial charge in [-0.3, -0.25) is 0 Å². The van der Waals surface area contributed by atoms with Crippen molar-refractivity contribution in [1.82, 2.24) is 0 Å². The number of hydrogen-bond acceptors (Lipinski definition) is 4. The highest BCUT2D eigenvalue weighted by Gasteiger charge is 1.96. The normalized spacial score (nSPS) is 24.0. The molecule has 0 unspecified atom stereocenters. The quantitative estimate of drug-likeness (QED) is 0.604. The second-order valence-corrected chi connectivity index (χ2v) is 5.09. The summed E-state index contributed by atoms with van der Waals surface area (Å²) < 4.78 is 9.89. The van der Waals surface area contributed by atoms with E-state index in [0.29, 0.717) is 0 Å². The zero-order valence-corrected chi connectivity index (χ0v) is 8.92. The highest BCUT2D eigenvalue weighted by Crippen LogP contribution is 2.19. The summed E-state index contributed by atoms with van der Waals surface area (Å²) in [6.07, 6.45) is 1.43. The van der Waals surface area contributed by atoms with Crippen molar-refractivity contribution in [3.8, 4) is 0 Å². The van der Waals surface area contributed by atoms with Crippen LogP contribution in [0.15, 0.2) is 0 Å². The van der Waals surface area contributed by atoms with Crippen LogP contribution in [-0.2, 0) is 9.47 Å². The molecule has 0 aromatic heterocycles. The van der Waals surface area contributed by atoms with Crippen molar-refractivity contribution in [1.29, 1.82) is 0 Å². The standard InChI is InChI=1S/C4H8O2.C4H8S2/c1-2-6-4-3-5-1;1-2-5-4-6-3-1/h2*1-4H2. The van der Waals surface area contributed by atoms with Gasteiger partial charge in [0.05, 0.1) is 26.4 Å². The lowest BCUT2D eigenvalue weighted by molar-refractivity contribution is -0.0334. The molecule has 0 aromatic carbocycles. The molecule has 2 heterocycles. The monoisotopic (exact) mass is 208 g/mol. The Morgan fingerprint density at radius 1 is 0.750 bits per heavy atom. The molecular weight excluding hydrogens is 192 g/mol. The van der Waals surface area contributed by atoms with Crippen molar-refractivity contribution in [3.05, 3.63) is 0 Å². The van der Waals surface area contributed by atoms with Gasteiger partial charge in [0.15, 0.2) is 0 Å². The van der Waals surface area contributed by atoms with Crippen LogP contribution < -0.4 is 0 Å². The summed E-state index contributed by atoms with van der Waals surface area (Å²) >= 11 is 4.12. The van der Waals surface area contributed by atoms with Crippen LogP contribution in [0, 0.1) is 0 Å². The van der Waals surface area contributed by atoms with E-state index in [0.717, 1.165) is 26.4 Å². The first kappa shape index (κ1) is 10.7. The smallest absolute Gasteiger partial charge is 0.0701 e. The van der Waals surface area contributed by atoms with Gasteiger partial charge in [0, 0.05) is 5.08 Å². The van der Waals surface area contributed by atoms with Gasteiger partial charge in [0.2, 0.25) is 0 Å². The molecule has 0 spiro atoms. The first-order valence-electron chi connectivity index (χ1n) is 4.31. The van der Waals surface area contributed by atoms with Gasteiger partial charge in [-0.25, -0.2) is 0 Å². The molecular formula is C8H16O2S2. The molecule has 0 atom stereocenters. The molecule has 12 heavy (non-hydrogen) atoms. The van der Waals surface area contributed by atoms with Crippen molar-refractivity contribution in [2.24, 2.45) is 0 Å². The molecule has 2 saturated heterocycles. The summed E-state index contributed by atoms with van der Waals surface area (Å²) in [7, 11) is 0. The van der Waals surface area contributed by atoms with Gasteiger partial charge in [-0.05, 0) is 17.9 Å². The van der Waals surface area contributed by atoms with Crippen molar-refractivity contribution in [2.75, 3.05) is 43.0 Å². The van der Waals surface area contributed by atoms with Crippen LogP contribution >= 0.6 is 23.5 Å². The predicted molar refractivity (Wildman–Crippen MR) is 56.0 cm³/mol. The Balaban J connectivity index is 0.000000120. The molecule has 2 nitrogen and oxygen atoms in total. The molecule has 2 aliphatic heterocycles. The molecule has 0 radical (unpaired) electrons. The van der Waals surface area contributed by atoms with Crippen LogP contribution in [0.1, 0.15) is 6.42 Å². The van der Waals surface area contributed by atoms with Gasteiger partial charge in [-0.2, -0.15) is 23.5 Å². The Bertz CT molecular complexity index is 58.0. The number of rotatable bonds is 0. The third kappa shape index (κ3) is 6.17. The number of thioether (sulfide) groups is 2. The molecule has 72 valence electrons. The van der Waals surface area contributed by atoms with E-state index >= 15 is 0 Å². The lowest BCUT2D eigenvalue weighted by atomic mass is 10.6. The summed E-state index contributed by atoms with van der Waals surface area (Å²) in [6, 6.07) is 0. The Kier molecular flexibility index (Phi) is 7.34. The molecule has 0 N–H and O–H groups in total. The van der Waals surface area contributed by atoms with Crippen LogP contribution in [0.25, 0.3) is 0 Å².